The quantitative estimate of drug-likeness (QED) is 0.293. The van der Waals surface area contributed by atoms with Gasteiger partial charge in [0.2, 0.25) is 15.9 Å². The van der Waals surface area contributed by atoms with E-state index in [1.807, 2.05) is 0 Å². The minimum atomic E-state index is -4.43. The number of sulfonamides is 1. The third-order valence-electron chi connectivity index (χ3n) is 5.93. The van der Waals surface area contributed by atoms with Crippen molar-refractivity contribution in [3.8, 4) is 5.75 Å². The Morgan fingerprint density at radius 1 is 1.37 bits per heavy atom. The van der Waals surface area contributed by atoms with E-state index in [2.05, 4.69) is 20.7 Å². The van der Waals surface area contributed by atoms with Gasteiger partial charge in [0.25, 0.3) is 0 Å². The van der Waals surface area contributed by atoms with Crippen LogP contribution in [0.15, 0.2) is 33.6 Å². The summed E-state index contributed by atoms with van der Waals surface area (Å²) < 4.78 is 55.2. The van der Waals surface area contributed by atoms with Gasteiger partial charge in [-0.15, -0.1) is 0 Å². The third kappa shape index (κ3) is 5.46. The van der Waals surface area contributed by atoms with Gasteiger partial charge in [-0.25, -0.2) is 17.6 Å². The van der Waals surface area contributed by atoms with Crippen LogP contribution < -0.4 is 20.9 Å². The first-order chi connectivity index (χ1) is 16.2. The van der Waals surface area contributed by atoms with Crippen LogP contribution in [0.1, 0.15) is 42.9 Å². The molecule has 3 rings (SSSR count). The molecule has 0 aliphatic carbocycles. The molecule has 0 fully saturated rings. The smallest absolute Gasteiger partial charge is 0.411 e. The third-order valence-corrected chi connectivity index (χ3v) is 8.56. The molecule has 0 bridgehead atoms. The van der Waals surface area contributed by atoms with Crippen LogP contribution in [0.4, 0.5) is 9.18 Å². The summed E-state index contributed by atoms with van der Waals surface area (Å²) in [6, 6.07) is 3.84. The lowest BCUT2D eigenvalue weighted by molar-refractivity contribution is 0.204. The Bertz CT molecular complexity index is 1310. The Kier molecular flexibility index (Phi) is 7.82. The minimum Gasteiger partial charge on any atom is -0.492 e. The predicted octanol–water partition coefficient (Wildman–Crippen LogP) is 4.03. The first kappa shape index (κ1) is 27.3. The second-order valence-corrected chi connectivity index (χ2v) is 11.5. The summed E-state index contributed by atoms with van der Waals surface area (Å²) in [6.45, 7) is 5.00. The fourth-order valence-corrected chi connectivity index (χ4v) is 6.23. The normalized spacial score (nSPS) is 19.3. The molecule has 6 N–H and O–H groups in total. The molecule has 0 saturated carbocycles. The zero-order chi connectivity index (χ0) is 26.3. The second kappa shape index (κ2) is 10.0. The summed E-state index contributed by atoms with van der Waals surface area (Å²) in [6.07, 6.45) is -0.904. The van der Waals surface area contributed by atoms with Crippen LogP contribution in [0.25, 0.3) is 0 Å². The van der Waals surface area contributed by atoms with Crippen LogP contribution in [-0.4, -0.2) is 33.1 Å². The van der Waals surface area contributed by atoms with E-state index in [0.717, 1.165) is 0 Å². The van der Waals surface area contributed by atoms with Crippen molar-refractivity contribution in [2.75, 3.05) is 6.61 Å². The fourth-order valence-electron chi connectivity index (χ4n) is 4.10. The summed E-state index contributed by atoms with van der Waals surface area (Å²) in [7, 11) is -4.43. The molecular formula is C22H25BrClFN4O5S. The van der Waals surface area contributed by atoms with E-state index in [4.69, 9.17) is 38.0 Å². The van der Waals surface area contributed by atoms with Crippen LogP contribution >= 0.6 is 27.5 Å². The van der Waals surface area contributed by atoms with E-state index < -0.39 is 45.3 Å². The van der Waals surface area contributed by atoms with E-state index in [1.165, 1.54) is 31.2 Å². The van der Waals surface area contributed by atoms with E-state index in [9.17, 15) is 17.6 Å². The van der Waals surface area contributed by atoms with Gasteiger partial charge >= 0.3 is 6.09 Å². The average Bonchev–Trinajstić information content (AvgIpc) is 2.73. The molecule has 1 aliphatic rings. The highest BCUT2D eigenvalue weighted by Gasteiger charge is 2.39. The highest BCUT2D eigenvalue weighted by Crippen LogP contribution is 2.43. The van der Waals surface area contributed by atoms with Gasteiger partial charge in [0.15, 0.2) is 0 Å². The highest BCUT2D eigenvalue weighted by atomic mass is 79.9. The Morgan fingerprint density at radius 2 is 2.03 bits per heavy atom. The molecule has 2 aromatic rings. The molecule has 1 aliphatic heterocycles. The lowest BCUT2D eigenvalue weighted by Crippen LogP contribution is -2.46. The topological polar surface area (TPSA) is 158 Å². The molecule has 0 spiro atoms. The van der Waals surface area contributed by atoms with E-state index >= 15 is 0 Å². The zero-order valence-corrected chi connectivity index (χ0v) is 22.3. The maximum absolute atomic E-state index is 14.8. The molecule has 3 atom stereocenters. The predicted molar refractivity (Wildman–Crippen MR) is 133 cm³/mol. The number of amides is 1. The van der Waals surface area contributed by atoms with Crippen molar-refractivity contribution in [1.82, 2.24) is 4.72 Å². The molecule has 0 radical (unpaired) electrons. The number of carbonyl (C=O) groups is 1. The van der Waals surface area contributed by atoms with Gasteiger partial charge in [0.1, 0.15) is 22.5 Å². The van der Waals surface area contributed by atoms with Crippen molar-refractivity contribution in [2.24, 2.45) is 11.5 Å². The monoisotopic (exact) mass is 590 g/mol. The SMILES string of the molecule is Cc1c(Br)ccc(F)c1[C@@H](C)[C@H](NS(=O)(=O)c1ccc(Cl)c2c1OCCC2(C)N)C(=N)OC(N)=O. The number of benzene rings is 2. The van der Waals surface area contributed by atoms with Gasteiger partial charge in [-0.2, -0.15) is 4.72 Å². The summed E-state index contributed by atoms with van der Waals surface area (Å²) in [4.78, 5) is 11.1. The molecule has 13 heteroatoms. The van der Waals surface area contributed by atoms with E-state index in [1.54, 1.807) is 13.8 Å². The summed E-state index contributed by atoms with van der Waals surface area (Å²) >= 11 is 9.64. The number of primary amides is 1. The Balaban J connectivity index is 2.12. The summed E-state index contributed by atoms with van der Waals surface area (Å²) in [5.74, 6) is -2.43. The molecule has 0 saturated heterocycles. The lowest BCUT2D eigenvalue weighted by atomic mass is 9.87. The minimum absolute atomic E-state index is 0.0141. The first-order valence-electron chi connectivity index (χ1n) is 10.4. The maximum Gasteiger partial charge on any atom is 0.411 e. The molecule has 35 heavy (non-hydrogen) atoms. The molecule has 1 amide bonds. The van der Waals surface area contributed by atoms with Gasteiger partial charge in [-0.1, -0.05) is 34.5 Å². The number of ether oxygens (including phenoxy) is 2. The molecule has 1 unspecified atom stereocenters. The number of nitrogens with one attached hydrogen (secondary N) is 2. The van der Waals surface area contributed by atoms with Crippen LogP contribution in [0.5, 0.6) is 5.75 Å². The number of carbonyl (C=O) groups excluding carboxylic acids is 1. The average molecular weight is 592 g/mol. The first-order valence-corrected chi connectivity index (χ1v) is 13.1. The van der Waals surface area contributed by atoms with Crippen LogP contribution in [0.2, 0.25) is 5.02 Å². The number of nitrogens with two attached hydrogens (primary N) is 2. The van der Waals surface area contributed by atoms with Crippen molar-refractivity contribution in [1.29, 1.82) is 5.41 Å². The van der Waals surface area contributed by atoms with Crippen molar-refractivity contribution in [2.45, 2.75) is 49.6 Å². The Labute approximate surface area is 216 Å². The second-order valence-electron chi connectivity index (χ2n) is 8.51. The molecule has 190 valence electrons. The standard InChI is InChI=1S/C22H25BrClFN4O5S/c1-10-12(23)4-6-14(25)16(10)11(2)18(20(26)34-21(27)30)29-35(31,32)15-7-5-13(24)17-19(15)33-9-8-22(17,3)28/h4-7,11,18,26,29H,8-9,28H2,1-3H3,(H2,27,30)/t11-,18+,22?/m1/s1. The Hall–Kier alpha value is -2.25. The lowest BCUT2D eigenvalue weighted by Gasteiger charge is -2.34. The molecule has 1 heterocycles. The van der Waals surface area contributed by atoms with E-state index in [0.29, 0.717) is 22.0 Å². The van der Waals surface area contributed by atoms with Crippen molar-refractivity contribution in [3.05, 3.63) is 56.3 Å². The largest absolute Gasteiger partial charge is 0.492 e. The van der Waals surface area contributed by atoms with Crippen LogP contribution in [-0.2, 0) is 20.3 Å². The maximum atomic E-state index is 14.8. The molecule has 0 aromatic heterocycles. The van der Waals surface area contributed by atoms with Crippen molar-refractivity contribution >= 4 is 49.5 Å². The molecule has 9 nitrogen and oxygen atoms in total. The number of halogens is 3. The summed E-state index contributed by atoms with van der Waals surface area (Å²) in [5, 5.41) is 8.46. The van der Waals surface area contributed by atoms with Gasteiger partial charge < -0.3 is 20.9 Å². The number of hydrogen-bond acceptors (Lipinski definition) is 7. The number of rotatable bonds is 6. The van der Waals surface area contributed by atoms with Gasteiger partial charge in [0, 0.05) is 32.9 Å². The van der Waals surface area contributed by atoms with Crippen LogP contribution in [0.3, 0.4) is 0 Å². The van der Waals surface area contributed by atoms with Crippen LogP contribution in [0, 0.1) is 18.2 Å². The highest BCUT2D eigenvalue weighted by molar-refractivity contribution is 9.10. The molecular weight excluding hydrogens is 567 g/mol. The zero-order valence-electron chi connectivity index (χ0n) is 19.1. The number of hydrogen-bond donors (Lipinski definition) is 4. The summed E-state index contributed by atoms with van der Waals surface area (Å²) in [5.41, 5.74) is 11.4. The van der Waals surface area contributed by atoms with Gasteiger partial charge in [0.05, 0.1) is 6.61 Å². The van der Waals surface area contributed by atoms with Crippen molar-refractivity contribution in [3.63, 3.8) is 0 Å². The van der Waals surface area contributed by atoms with E-state index in [-0.39, 0.29) is 27.8 Å². The van der Waals surface area contributed by atoms with Gasteiger partial charge in [-0.05, 0) is 49.2 Å². The molecule has 2 aromatic carbocycles. The fraction of sp³-hybridized carbons (Fsp3) is 0.364. The Morgan fingerprint density at radius 3 is 2.66 bits per heavy atom. The van der Waals surface area contributed by atoms with Crippen molar-refractivity contribution < 1.29 is 27.1 Å². The van der Waals surface area contributed by atoms with Gasteiger partial charge in [-0.3, -0.25) is 5.41 Å². The number of fused-ring (bicyclic) bond motifs is 1.